The smallest absolute Gasteiger partial charge is 0.418 e. The summed E-state index contributed by atoms with van der Waals surface area (Å²) < 4.78 is 43.4. The second-order valence-corrected chi connectivity index (χ2v) is 6.21. The van der Waals surface area contributed by atoms with Gasteiger partial charge in [0.15, 0.2) is 0 Å². The number of rotatable bonds is 3. The molecule has 0 spiro atoms. The molecular formula is C14H14ClF3N2O4. The summed E-state index contributed by atoms with van der Waals surface area (Å²) in [6, 6.07) is 1.34. The average molecular weight is 367 g/mol. The van der Waals surface area contributed by atoms with E-state index in [1.54, 1.807) is 6.92 Å². The number of nitrogens with zero attached hydrogens (tertiary/aromatic N) is 2. The molecule has 24 heavy (non-hydrogen) atoms. The maximum absolute atomic E-state index is 12.9. The maximum Gasteiger partial charge on any atom is 0.418 e. The minimum atomic E-state index is -4.80. The standard InChI is InChI=1S/C14H14ClF3N2O4/c1-13(12(21)24-2)3-4-19(7-13)10-6-9(15)8(14(16,17)18)5-11(10)20(22)23/h5-6H,3-4,7H2,1-2H3. The molecule has 1 aromatic rings. The SMILES string of the molecule is COC(=O)C1(C)CCN(c2cc(Cl)c(C(F)(F)F)cc2[N+](=O)[O-])C1. The molecule has 10 heteroatoms. The van der Waals surface area contributed by atoms with Gasteiger partial charge in [-0.3, -0.25) is 14.9 Å². The van der Waals surface area contributed by atoms with Gasteiger partial charge in [-0.2, -0.15) is 13.2 Å². The number of benzene rings is 1. The summed E-state index contributed by atoms with van der Waals surface area (Å²) in [5.74, 6) is -0.481. The molecular weight excluding hydrogens is 353 g/mol. The van der Waals surface area contributed by atoms with Crippen LogP contribution in [0.25, 0.3) is 0 Å². The number of halogens is 4. The number of methoxy groups -OCH3 is 1. The zero-order valence-electron chi connectivity index (χ0n) is 12.8. The lowest BCUT2D eigenvalue weighted by atomic mass is 9.90. The number of esters is 1. The zero-order valence-corrected chi connectivity index (χ0v) is 13.6. The van der Waals surface area contributed by atoms with Gasteiger partial charge in [0.2, 0.25) is 0 Å². The number of carbonyl (C=O) groups excluding carboxylic acids is 1. The predicted octanol–water partition coefficient (Wildman–Crippen LogP) is 3.66. The van der Waals surface area contributed by atoms with E-state index in [1.807, 2.05) is 0 Å². The molecule has 0 aliphatic carbocycles. The van der Waals surface area contributed by atoms with E-state index in [9.17, 15) is 28.1 Å². The number of ether oxygens (including phenoxy) is 1. The van der Waals surface area contributed by atoms with Gasteiger partial charge >= 0.3 is 12.1 Å². The van der Waals surface area contributed by atoms with Gasteiger partial charge in [0.25, 0.3) is 5.69 Å². The highest BCUT2D eigenvalue weighted by atomic mass is 35.5. The van der Waals surface area contributed by atoms with Crippen molar-refractivity contribution in [3.8, 4) is 0 Å². The Balaban J connectivity index is 2.47. The highest BCUT2D eigenvalue weighted by Crippen LogP contribution is 2.44. The van der Waals surface area contributed by atoms with E-state index in [1.165, 1.54) is 12.0 Å². The first-order chi connectivity index (χ1) is 11.0. The van der Waals surface area contributed by atoms with Crippen molar-refractivity contribution in [2.45, 2.75) is 19.5 Å². The van der Waals surface area contributed by atoms with Gasteiger partial charge in [-0.05, 0) is 19.4 Å². The molecule has 6 nitrogen and oxygen atoms in total. The van der Waals surface area contributed by atoms with Crippen LogP contribution in [0.2, 0.25) is 5.02 Å². The fraction of sp³-hybridized carbons (Fsp3) is 0.500. The van der Waals surface area contributed by atoms with Crippen LogP contribution in [0.3, 0.4) is 0 Å². The third kappa shape index (κ3) is 3.26. The average Bonchev–Trinajstić information content (AvgIpc) is 2.88. The number of anilines is 1. The second kappa shape index (κ2) is 6.12. The molecule has 1 unspecified atom stereocenters. The minimum absolute atomic E-state index is 0.0503. The largest absolute Gasteiger partial charge is 0.469 e. The number of alkyl halides is 3. The summed E-state index contributed by atoms with van der Waals surface area (Å²) in [6.07, 6.45) is -4.44. The van der Waals surface area contributed by atoms with Crippen molar-refractivity contribution < 1.29 is 27.6 Å². The molecule has 1 fully saturated rings. The van der Waals surface area contributed by atoms with Gasteiger partial charge in [-0.15, -0.1) is 0 Å². The molecule has 1 aromatic carbocycles. The molecule has 1 atom stereocenters. The van der Waals surface area contributed by atoms with Crippen LogP contribution in [-0.4, -0.2) is 31.1 Å². The Morgan fingerprint density at radius 1 is 1.46 bits per heavy atom. The van der Waals surface area contributed by atoms with Crippen LogP contribution in [0, 0.1) is 15.5 Å². The number of nitro groups is 1. The number of hydrogen-bond acceptors (Lipinski definition) is 5. The van der Waals surface area contributed by atoms with Crippen molar-refractivity contribution >= 4 is 28.9 Å². The summed E-state index contributed by atoms with van der Waals surface area (Å²) in [5, 5.41) is 10.6. The Kier molecular flexibility index (Phi) is 4.67. The molecule has 0 saturated carbocycles. The Morgan fingerprint density at radius 2 is 2.08 bits per heavy atom. The summed E-state index contributed by atoms with van der Waals surface area (Å²) in [7, 11) is 1.23. The lowest BCUT2D eigenvalue weighted by Crippen LogP contribution is -2.33. The Bertz CT molecular complexity index is 695. The highest BCUT2D eigenvalue weighted by Gasteiger charge is 2.44. The number of nitro benzene ring substituents is 1. The lowest BCUT2D eigenvalue weighted by Gasteiger charge is -2.23. The third-order valence-electron chi connectivity index (χ3n) is 4.06. The topological polar surface area (TPSA) is 72.7 Å². The van der Waals surface area contributed by atoms with E-state index in [4.69, 9.17) is 16.3 Å². The van der Waals surface area contributed by atoms with Gasteiger partial charge in [0.1, 0.15) is 5.69 Å². The van der Waals surface area contributed by atoms with E-state index in [0.29, 0.717) is 12.5 Å². The molecule has 132 valence electrons. The summed E-state index contributed by atoms with van der Waals surface area (Å²) >= 11 is 5.67. The van der Waals surface area contributed by atoms with Crippen LogP contribution in [0.4, 0.5) is 24.5 Å². The Labute approximate surface area is 140 Å². The Hall–Kier alpha value is -2.03. The van der Waals surface area contributed by atoms with E-state index >= 15 is 0 Å². The van der Waals surface area contributed by atoms with Crippen LogP contribution in [-0.2, 0) is 15.7 Å². The molecule has 1 aliphatic heterocycles. The number of carbonyl (C=O) groups is 1. The highest BCUT2D eigenvalue weighted by molar-refractivity contribution is 6.31. The number of hydrogen-bond donors (Lipinski definition) is 0. The molecule has 1 aliphatic rings. The summed E-state index contributed by atoms with van der Waals surface area (Å²) in [6.45, 7) is 1.98. The maximum atomic E-state index is 12.9. The van der Waals surface area contributed by atoms with Crippen LogP contribution < -0.4 is 4.90 Å². The van der Waals surface area contributed by atoms with Crippen LogP contribution in [0.5, 0.6) is 0 Å². The molecule has 0 aromatic heterocycles. The van der Waals surface area contributed by atoms with Crippen LogP contribution in [0.15, 0.2) is 12.1 Å². The van der Waals surface area contributed by atoms with Crippen molar-refractivity contribution in [1.29, 1.82) is 0 Å². The van der Waals surface area contributed by atoms with Crippen molar-refractivity contribution in [2.75, 3.05) is 25.1 Å². The summed E-state index contributed by atoms with van der Waals surface area (Å²) in [4.78, 5) is 23.6. The first kappa shape index (κ1) is 18.3. The Morgan fingerprint density at radius 3 is 2.58 bits per heavy atom. The molecule has 0 amide bonds. The van der Waals surface area contributed by atoms with E-state index in [0.717, 1.165) is 6.07 Å². The molecule has 0 radical (unpaired) electrons. The molecule has 0 N–H and O–H groups in total. The fourth-order valence-electron chi connectivity index (χ4n) is 2.75. The van der Waals surface area contributed by atoms with Crippen molar-refractivity contribution in [3.63, 3.8) is 0 Å². The summed E-state index contributed by atoms with van der Waals surface area (Å²) in [5.41, 5.74) is -2.92. The van der Waals surface area contributed by atoms with Crippen molar-refractivity contribution in [2.24, 2.45) is 5.41 Å². The predicted molar refractivity (Wildman–Crippen MR) is 80.1 cm³/mol. The lowest BCUT2D eigenvalue weighted by molar-refractivity contribution is -0.384. The second-order valence-electron chi connectivity index (χ2n) is 5.80. The van der Waals surface area contributed by atoms with Crippen molar-refractivity contribution in [1.82, 2.24) is 0 Å². The first-order valence-electron chi connectivity index (χ1n) is 6.88. The molecule has 1 saturated heterocycles. The molecule has 2 rings (SSSR count). The minimum Gasteiger partial charge on any atom is -0.469 e. The van der Waals surface area contributed by atoms with Crippen LogP contribution >= 0.6 is 11.6 Å². The fourth-order valence-corrected chi connectivity index (χ4v) is 3.01. The first-order valence-corrected chi connectivity index (χ1v) is 7.26. The third-order valence-corrected chi connectivity index (χ3v) is 4.37. The van der Waals surface area contributed by atoms with Crippen LogP contribution in [0.1, 0.15) is 18.9 Å². The molecule has 1 heterocycles. The van der Waals surface area contributed by atoms with E-state index in [-0.39, 0.29) is 18.8 Å². The van der Waals surface area contributed by atoms with Gasteiger partial charge in [-0.1, -0.05) is 11.6 Å². The zero-order chi connectivity index (χ0) is 18.3. The van der Waals surface area contributed by atoms with E-state index < -0.39 is 38.8 Å². The quantitative estimate of drug-likeness (QED) is 0.464. The van der Waals surface area contributed by atoms with Gasteiger partial charge in [0.05, 0.1) is 28.0 Å². The van der Waals surface area contributed by atoms with Gasteiger partial charge < -0.3 is 9.64 Å². The van der Waals surface area contributed by atoms with Gasteiger partial charge in [0, 0.05) is 19.2 Å². The van der Waals surface area contributed by atoms with E-state index in [2.05, 4.69) is 0 Å². The monoisotopic (exact) mass is 366 g/mol. The normalized spacial score (nSPS) is 21.0. The van der Waals surface area contributed by atoms with Crippen molar-refractivity contribution in [3.05, 3.63) is 32.8 Å². The molecule has 0 bridgehead atoms. The van der Waals surface area contributed by atoms with Gasteiger partial charge in [-0.25, -0.2) is 0 Å².